The van der Waals surface area contributed by atoms with Gasteiger partial charge >= 0.3 is 13.3 Å². The van der Waals surface area contributed by atoms with Crippen LogP contribution in [-0.4, -0.2) is 13.3 Å². The normalized spacial score (nSPS) is 18.4. The quantitative estimate of drug-likeness (QED) is 0.332. The number of halogens is 4. The summed E-state index contributed by atoms with van der Waals surface area (Å²) < 4.78 is 39.0. The fourth-order valence-electron chi connectivity index (χ4n) is 1.20. The average molecular weight is 198 g/mol. The molecule has 0 saturated heterocycles. The lowest BCUT2D eigenvalue weighted by Gasteiger charge is -2.04. The Balaban J connectivity index is 0.000000252. The number of nitrogens with zero attached hydrogens (tertiary/aromatic N) is 2. The molecular weight excluding hydrogens is 187 g/mol. The third-order valence-corrected chi connectivity index (χ3v) is 1.74. The van der Waals surface area contributed by atoms with Gasteiger partial charge in [0.2, 0.25) is 5.39 Å². The van der Waals surface area contributed by atoms with Crippen LogP contribution in [0.3, 0.4) is 0 Å². The maximum Gasteiger partial charge on any atom is 0.673 e. The van der Waals surface area contributed by atoms with Gasteiger partial charge in [-0.05, 0) is 12.8 Å². The smallest absolute Gasteiger partial charge is 0.418 e. The topological polar surface area (TPSA) is 28.1 Å². The molecule has 1 aliphatic rings. The van der Waals surface area contributed by atoms with E-state index >= 15 is 0 Å². The van der Waals surface area contributed by atoms with E-state index in [-0.39, 0.29) is 6.04 Å². The first-order valence-corrected chi connectivity index (χ1v) is 4.15. The van der Waals surface area contributed by atoms with Crippen molar-refractivity contribution in [3.05, 3.63) is 4.98 Å². The zero-order valence-electron chi connectivity index (χ0n) is 7.10. The maximum absolute atomic E-state index is 9.75. The van der Waals surface area contributed by atoms with Crippen LogP contribution in [0.25, 0.3) is 4.98 Å². The van der Waals surface area contributed by atoms with Gasteiger partial charge < -0.3 is 17.3 Å². The Morgan fingerprint density at radius 2 is 1.38 bits per heavy atom. The lowest BCUT2D eigenvalue weighted by atomic mass is 9.96. The van der Waals surface area contributed by atoms with Crippen LogP contribution >= 0.6 is 0 Å². The summed E-state index contributed by atoms with van der Waals surface area (Å²) in [7, 11) is -6.00. The molecule has 0 heterocycles. The van der Waals surface area contributed by atoms with E-state index in [1.54, 1.807) is 0 Å². The fourth-order valence-corrected chi connectivity index (χ4v) is 1.20. The number of hydrogen-bond acceptors (Lipinski definition) is 1. The molecule has 13 heavy (non-hydrogen) atoms. The summed E-state index contributed by atoms with van der Waals surface area (Å²) in [5, 5.41) is 8.32. The van der Waals surface area contributed by atoms with Crippen molar-refractivity contribution in [3.8, 4) is 0 Å². The first-order valence-electron chi connectivity index (χ1n) is 4.15. The average Bonchev–Trinajstić information content (AvgIpc) is 2.03. The standard InChI is InChI=1S/C6H11N2.BF4/c7-8-6-4-2-1-3-5-6;2-1(3,4)5/h6H,1-5H2;/q+1;-1. The van der Waals surface area contributed by atoms with Crippen LogP contribution in [0.2, 0.25) is 0 Å². The van der Waals surface area contributed by atoms with Crippen LogP contribution < -0.4 is 0 Å². The van der Waals surface area contributed by atoms with Crippen molar-refractivity contribution in [2.75, 3.05) is 0 Å². The van der Waals surface area contributed by atoms with Crippen LogP contribution in [0, 0.1) is 5.39 Å². The molecule has 7 heteroatoms. The summed E-state index contributed by atoms with van der Waals surface area (Å²) in [5.41, 5.74) is 0. The third kappa shape index (κ3) is 11.2. The van der Waals surface area contributed by atoms with Crippen molar-refractivity contribution in [2.45, 2.75) is 38.1 Å². The van der Waals surface area contributed by atoms with Crippen molar-refractivity contribution in [1.82, 2.24) is 0 Å². The molecule has 0 aromatic rings. The van der Waals surface area contributed by atoms with Crippen LogP contribution in [0.5, 0.6) is 0 Å². The Bertz CT molecular complexity index is 164. The summed E-state index contributed by atoms with van der Waals surface area (Å²) in [6, 6.07) is 0.267. The minimum Gasteiger partial charge on any atom is -0.418 e. The molecular formula is C6H11BF4N2. The predicted molar refractivity (Wildman–Crippen MR) is 42.1 cm³/mol. The van der Waals surface area contributed by atoms with Crippen molar-refractivity contribution in [1.29, 1.82) is 5.39 Å². The Hall–Kier alpha value is -0.795. The molecule has 76 valence electrons. The maximum atomic E-state index is 9.75. The second kappa shape index (κ2) is 5.78. The van der Waals surface area contributed by atoms with E-state index in [1.807, 2.05) is 0 Å². The lowest BCUT2D eigenvalue weighted by Crippen LogP contribution is -2.06. The van der Waals surface area contributed by atoms with Crippen molar-refractivity contribution in [3.63, 3.8) is 0 Å². The van der Waals surface area contributed by atoms with Gasteiger partial charge in [-0.15, -0.1) is 0 Å². The van der Waals surface area contributed by atoms with E-state index in [0.717, 1.165) is 12.8 Å². The Kier molecular flexibility index (Phi) is 5.43. The summed E-state index contributed by atoms with van der Waals surface area (Å²) in [6.45, 7) is 0. The van der Waals surface area contributed by atoms with Gasteiger partial charge in [0, 0.05) is 12.8 Å². The SMILES string of the molecule is F[B-](F)(F)F.N#[N+]C1CCCCC1. The molecule has 1 fully saturated rings. The second-order valence-corrected chi connectivity index (χ2v) is 2.90. The highest BCUT2D eigenvalue weighted by molar-refractivity contribution is 6.50. The first-order chi connectivity index (χ1) is 5.93. The number of diazo groups is 1. The van der Waals surface area contributed by atoms with Gasteiger partial charge in [0.1, 0.15) is 4.98 Å². The molecule has 0 atom stereocenters. The zero-order valence-corrected chi connectivity index (χ0v) is 7.10. The molecule has 0 aliphatic heterocycles. The van der Waals surface area contributed by atoms with Gasteiger partial charge in [0.25, 0.3) is 0 Å². The molecule has 0 spiro atoms. The molecule has 0 unspecified atom stereocenters. The lowest BCUT2D eigenvalue weighted by molar-refractivity contribution is 0.368. The molecule has 1 rings (SSSR count). The summed E-state index contributed by atoms with van der Waals surface area (Å²) >= 11 is 0. The monoisotopic (exact) mass is 198 g/mol. The summed E-state index contributed by atoms with van der Waals surface area (Å²) in [6.07, 6.45) is 6.00. The number of hydrogen-bond donors (Lipinski definition) is 0. The fraction of sp³-hybridized carbons (Fsp3) is 1.00. The molecule has 2 nitrogen and oxygen atoms in total. The molecule has 0 bridgehead atoms. The highest BCUT2D eigenvalue weighted by atomic mass is 19.5. The molecule has 0 aromatic carbocycles. The summed E-state index contributed by atoms with van der Waals surface area (Å²) in [5.74, 6) is 0. The molecule has 0 N–H and O–H groups in total. The zero-order chi connectivity index (χ0) is 10.3. The van der Waals surface area contributed by atoms with Gasteiger partial charge in [0.05, 0.1) is 0 Å². The van der Waals surface area contributed by atoms with Crippen molar-refractivity contribution >= 4 is 7.25 Å². The van der Waals surface area contributed by atoms with E-state index < -0.39 is 7.25 Å². The minimum atomic E-state index is -6.00. The highest BCUT2D eigenvalue weighted by Crippen LogP contribution is 2.19. The highest BCUT2D eigenvalue weighted by Gasteiger charge is 2.22. The van der Waals surface area contributed by atoms with E-state index in [0.29, 0.717) is 0 Å². The van der Waals surface area contributed by atoms with E-state index in [1.165, 1.54) is 19.3 Å². The largest absolute Gasteiger partial charge is 0.673 e. The van der Waals surface area contributed by atoms with Crippen LogP contribution in [0.15, 0.2) is 0 Å². The molecule has 1 aliphatic carbocycles. The van der Waals surface area contributed by atoms with Crippen molar-refractivity contribution in [2.24, 2.45) is 0 Å². The third-order valence-electron chi connectivity index (χ3n) is 1.74. The Morgan fingerprint density at radius 1 is 1.00 bits per heavy atom. The summed E-state index contributed by atoms with van der Waals surface area (Å²) in [4.78, 5) is 3.25. The van der Waals surface area contributed by atoms with Crippen molar-refractivity contribution < 1.29 is 17.3 Å². The minimum absolute atomic E-state index is 0.267. The van der Waals surface area contributed by atoms with E-state index in [4.69, 9.17) is 5.39 Å². The van der Waals surface area contributed by atoms with Gasteiger partial charge in [-0.3, -0.25) is 0 Å². The number of rotatable bonds is 0. The van der Waals surface area contributed by atoms with Crippen LogP contribution in [0.4, 0.5) is 17.3 Å². The Morgan fingerprint density at radius 3 is 1.62 bits per heavy atom. The van der Waals surface area contributed by atoms with Gasteiger partial charge in [-0.25, -0.2) is 0 Å². The predicted octanol–water partition coefficient (Wildman–Crippen LogP) is 3.47. The van der Waals surface area contributed by atoms with Gasteiger partial charge in [0.15, 0.2) is 0 Å². The molecule has 0 amide bonds. The van der Waals surface area contributed by atoms with E-state index in [2.05, 4.69) is 4.98 Å². The van der Waals surface area contributed by atoms with Crippen LogP contribution in [-0.2, 0) is 0 Å². The van der Waals surface area contributed by atoms with Crippen LogP contribution in [0.1, 0.15) is 32.1 Å². The molecule has 0 radical (unpaired) electrons. The van der Waals surface area contributed by atoms with E-state index in [9.17, 15) is 17.3 Å². The van der Waals surface area contributed by atoms with Gasteiger partial charge in [-0.1, -0.05) is 6.42 Å². The molecule has 1 saturated carbocycles. The Labute approximate surface area is 74.0 Å². The van der Waals surface area contributed by atoms with Gasteiger partial charge in [-0.2, -0.15) is 0 Å². The molecule has 0 aromatic heterocycles. The second-order valence-electron chi connectivity index (χ2n) is 2.90. The first kappa shape index (κ1) is 12.2.